The fourth-order valence-electron chi connectivity index (χ4n) is 3.46. The van der Waals surface area contributed by atoms with E-state index in [1.54, 1.807) is 24.4 Å². The molecule has 0 fully saturated rings. The van der Waals surface area contributed by atoms with Gasteiger partial charge in [0.1, 0.15) is 5.75 Å². The number of aryl methyl sites for hydroxylation is 1. The highest BCUT2D eigenvalue weighted by molar-refractivity contribution is 6.13. The van der Waals surface area contributed by atoms with Crippen molar-refractivity contribution in [3.05, 3.63) is 102 Å². The molecule has 0 spiro atoms. The van der Waals surface area contributed by atoms with Gasteiger partial charge < -0.3 is 10.4 Å². The van der Waals surface area contributed by atoms with E-state index in [0.29, 0.717) is 11.3 Å². The summed E-state index contributed by atoms with van der Waals surface area (Å²) in [5.74, 6) is -0.451. The lowest BCUT2D eigenvalue weighted by molar-refractivity contribution is 0.102. The van der Waals surface area contributed by atoms with Crippen molar-refractivity contribution < 1.29 is 9.90 Å². The molecular weight excluding hydrogens is 372 g/mol. The number of phenols is 1. The van der Waals surface area contributed by atoms with Crippen molar-refractivity contribution in [1.29, 1.82) is 0 Å². The van der Waals surface area contributed by atoms with E-state index in [9.17, 15) is 9.90 Å². The van der Waals surface area contributed by atoms with E-state index in [1.807, 2.05) is 66.7 Å². The van der Waals surface area contributed by atoms with Crippen LogP contribution in [0.15, 0.2) is 89.9 Å². The van der Waals surface area contributed by atoms with Gasteiger partial charge in [-0.1, -0.05) is 67.6 Å². The number of hydrogen-bond acceptors (Lipinski definition) is 3. The van der Waals surface area contributed by atoms with Crippen molar-refractivity contribution in [2.45, 2.75) is 13.3 Å². The van der Waals surface area contributed by atoms with Gasteiger partial charge in [0.05, 0.1) is 11.3 Å². The number of para-hydroxylation sites is 2. The maximum Gasteiger partial charge on any atom is 0.259 e. The van der Waals surface area contributed by atoms with Crippen LogP contribution in [0.2, 0.25) is 0 Å². The van der Waals surface area contributed by atoms with Crippen LogP contribution in [-0.2, 0) is 6.42 Å². The number of carbonyl (C=O) groups is 1. The maximum atomic E-state index is 12.9. The van der Waals surface area contributed by atoms with E-state index in [0.717, 1.165) is 28.4 Å². The minimum atomic E-state index is -0.368. The molecule has 4 heteroatoms. The Morgan fingerprint density at radius 3 is 2.47 bits per heavy atom. The molecule has 0 heterocycles. The molecule has 0 bridgehead atoms. The number of aliphatic imine (C=N–C) groups is 1. The van der Waals surface area contributed by atoms with Gasteiger partial charge in [0.2, 0.25) is 0 Å². The van der Waals surface area contributed by atoms with E-state index in [1.165, 1.54) is 0 Å². The van der Waals surface area contributed by atoms with Crippen LogP contribution in [0, 0.1) is 0 Å². The predicted octanol–water partition coefficient (Wildman–Crippen LogP) is 6.11. The highest BCUT2D eigenvalue weighted by Gasteiger charge is 2.17. The molecule has 0 unspecified atom stereocenters. The standard InChI is InChI=1S/C26H22N2O2/c1-2-18-10-7-9-15-24(18)27-17-23-21-14-8-6-11-19(21)16-22(25(23)29)26(30)28-20-12-4-3-5-13-20/h3-17,29H,2H2,1H3,(H,28,30)/b27-17-. The van der Waals surface area contributed by atoms with Gasteiger partial charge in [-0.15, -0.1) is 0 Å². The third-order valence-corrected chi connectivity index (χ3v) is 5.04. The molecule has 0 saturated carbocycles. The lowest BCUT2D eigenvalue weighted by Gasteiger charge is -2.12. The Balaban J connectivity index is 1.79. The Labute approximate surface area is 175 Å². The summed E-state index contributed by atoms with van der Waals surface area (Å²) in [7, 11) is 0. The minimum absolute atomic E-state index is 0.0835. The molecule has 1 amide bonds. The smallest absolute Gasteiger partial charge is 0.259 e. The van der Waals surface area contributed by atoms with Crippen molar-refractivity contribution in [2.24, 2.45) is 4.99 Å². The normalized spacial score (nSPS) is 11.1. The second-order valence-corrected chi connectivity index (χ2v) is 6.97. The Morgan fingerprint density at radius 1 is 0.967 bits per heavy atom. The Morgan fingerprint density at radius 2 is 1.67 bits per heavy atom. The first-order valence-corrected chi connectivity index (χ1v) is 9.90. The quantitative estimate of drug-likeness (QED) is 0.401. The number of aromatic hydroxyl groups is 1. The summed E-state index contributed by atoms with van der Waals surface area (Å²) in [6, 6.07) is 26.5. The summed E-state index contributed by atoms with van der Waals surface area (Å²) in [5.41, 5.74) is 3.38. The summed E-state index contributed by atoms with van der Waals surface area (Å²) in [4.78, 5) is 17.5. The number of amides is 1. The molecule has 2 N–H and O–H groups in total. The third-order valence-electron chi connectivity index (χ3n) is 5.04. The van der Waals surface area contributed by atoms with Crippen LogP contribution < -0.4 is 5.32 Å². The molecule has 148 valence electrons. The summed E-state index contributed by atoms with van der Waals surface area (Å²) >= 11 is 0. The van der Waals surface area contributed by atoms with Crippen molar-refractivity contribution in [3.8, 4) is 5.75 Å². The van der Waals surface area contributed by atoms with Crippen LogP contribution in [0.1, 0.15) is 28.4 Å². The molecule has 4 aromatic rings. The molecule has 0 atom stereocenters. The van der Waals surface area contributed by atoms with Gasteiger partial charge in [-0.2, -0.15) is 0 Å². The monoisotopic (exact) mass is 394 g/mol. The largest absolute Gasteiger partial charge is 0.506 e. The average molecular weight is 394 g/mol. The molecule has 4 rings (SSSR count). The SMILES string of the molecule is CCc1ccccc1/N=C\c1c(O)c(C(=O)Nc2ccccc2)cc2ccccc12. The number of nitrogens with one attached hydrogen (secondary N) is 1. The van der Waals surface area contributed by atoms with Gasteiger partial charge >= 0.3 is 0 Å². The van der Waals surface area contributed by atoms with Crippen LogP contribution in [0.25, 0.3) is 10.8 Å². The number of hydrogen-bond donors (Lipinski definition) is 2. The second-order valence-electron chi connectivity index (χ2n) is 6.97. The zero-order valence-electron chi connectivity index (χ0n) is 16.7. The lowest BCUT2D eigenvalue weighted by Crippen LogP contribution is -2.12. The van der Waals surface area contributed by atoms with Gasteiger partial charge in [-0.05, 0) is 47.0 Å². The topological polar surface area (TPSA) is 61.7 Å². The van der Waals surface area contributed by atoms with E-state index < -0.39 is 0 Å². The van der Waals surface area contributed by atoms with Gasteiger partial charge in [0.25, 0.3) is 5.91 Å². The lowest BCUT2D eigenvalue weighted by atomic mass is 9.99. The van der Waals surface area contributed by atoms with Gasteiger partial charge in [0, 0.05) is 17.5 Å². The second kappa shape index (κ2) is 8.62. The number of anilines is 1. The number of rotatable bonds is 5. The Kier molecular flexibility index (Phi) is 5.57. The summed E-state index contributed by atoms with van der Waals surface area (Å²) < 4.78 is 0. The molecule has 4 aromatic carbocycles. The highest BCUT2D eigenvalue weighted by atomic mass is 16.3. The number of fused-ring (bicyclic) bond motifs is 1. The van der Waals surface area contributed by atoms with Gasteiger partial charge in [-0.25, -0.2) is 0 Å². The van der Waals surface area contributed by atoms with Crippen molar-refractivity contribution >= 4 is 34.3 Å². The number of nitrogens with zero attached hydrogens (tertiary/aromatic N) is 1. The zero-order valence-corrected chi connectivity index (χ0v) is 16.7. The average Bonchev–Trinajstić information content (AvgIpc) is 2.79. The number of phenolic OH excluding ortho intramolecular Hbond substituents is 1. The van der Waals surface area contributed by atoms with Crippen molar-refractivity contribution in [1.82, 2.24) is 0 Å². The van der Waals surface area contributed by atoms with E-state index in [-0.39, 0.29) is 17.2 Å². The molecular formula is C26H22N2O2. The summed E-state index contributed by atoms with van der Waals surface area (Å²) in [6.45, 7) is 2.08. The molecule has 0 aromatic heterocycles. The fraction of sp³-hybridized carbons (Fsp3) is 0.0769. The molecule has 0 saturated heterocycles. The van der Waals surface area contributed by atoms with E-state index >= 15 is 0 Å². The number of carbonyl (C=O) groups excluding carboxylic acids is 1. The summed E-state index contributed by atoms with van der Waals surface area (Å²) in [6.07, 6.45) is 2.51. The van der Waals surface area contributed by atoms with Crippen LogP contribution in [0.4, 0.5) is 11.4 Å². The molecule has 0 aliphatic rings. The zero-order chi connectivity index (χ0) is 20.9. The van der Waals surface area contributed by atoms with E-state index in [4.69, 9.17) is 0 Å². The Hall–Kier alpha value is -3.92. The molecule has 0 radical (unpaired) electrons. The van der Waals surface area contributed by atoms with E-state index in [2.05, 4.69) is 17.2 Å². The van der Waals surface area contributed by atoms with Crippen molar-refractivity contribution in [3.63, 3.8) is 0 Å². The van der Waals surface area contributed by atoms with Crippen LogP contribution >= 0.6 is 0 Å². The highest BCUT2D eigenvalue weighted by Crippen LogP contribution is 2.31. The first-order valence-electron chi connectivity index (χ1n) is 9.90. The van der Waals surface area contributed by atoms with Crippen LogP contribution in [0.5, 0.6) is 5.75 Å². The Bertz CT molecular complexity index is 1230. The molecule has 0 aliphatic carbocycles. The molecule has 0 aliphatic heterocycles. The first-order chi connectivity index (χ1) is 14.7. The van der Waals surface area contributed by atoms with Gasteiger partial charge in [0.15, 0.2) is 0 Å². The fourth-order valence-corrected chi connectivity index (χ4v) is 3.46. The maximum absolute atomic E-state index is 12.9. The number of benzene rings is 4. The van der Waals surface area contributed by atoms with Crippen molar-refractivity contribution in [2.75, 3.05) is 5.32 Å². The summed E-state index contributed by atoms with van der Waals surface area (Å²) in [5, 5.41) is 15.5. The van der Waals surface area contributed by atoms with Crippen LogP contribution in [0.3, 0.4) is 0 Å². The first kappa shape index (κ1) is 19.4. The predicted molar refractivity (Wildman–Crippen MR) is 123 cm³/mol. The minimum Gasteiger partial charge on any atom is -0.506 e. The molecule has 30 heavy (non-hydrogen) atoms. The third kappa shape index (κ3) is 3.94. The van der Waals surface area contributed by atoms with Gasteiger partial charge in [-0.3, -0.25) is 9.79 Å². The van der Waals surface area contributed by atoms with Crippen LogP contribution in [-0.4, -0.2) is 17.2 Å². The molecule has 4 nitrogen and oxygen atoms in total.